The Labute approximate surface area is 111 Å². The van der Waals surface area contributed by atoms with E-state index in [0.717, 1.165) is 24.4 Å². The van der Waals surface area contributed by atoms with Crippen LogP contribution in [-0.4, -0.2) is 10.9 Å². The Morgan fingerprint density at radius 2 is 2.00 bits per heavy atom. The summed E-state index contributed by atoms with van der Waals surface area (Å²) >= 11 is 0. The third-order valence-corrected chi connectivity index (χ3v) is 2.44. The highest BCUT2D eigenvalue weighted by Gasteiger charge is 2.17. The predicted molar refractivity (Wildman–Crippen MR) is 63.2 cm³/mol. The molecule has 0 fully saturated rings. The van der Waals surface area contributed by atoms with Gasteiger partial charge in [0.05, 0.1) is 22.9 Å². The normalized spacial score (nSPS) is 9.90. The summed E-state index contributed by atoms with van der Waals surface area (Å²) in [6, 6.07) is 6.04. The van der Waals surface area contributed by atoms with Crippen molar-refractivity contribution < 1.29 is 18.0 Å². The number of pyridine rings is 1. The van der Waals surface area contributed by atoms with Crippen LogP contribution in [0.15, 0.2) is 30.5 Å². The van der Waals surface area contributed by atoms with Gasteiger partial charge in [0.25, 0.3) is 5.91 Å². The van der Waals surface area contributed by atoms with Crippen LogP contribution in [0.2, 0.25) is 0 Å². The van der Waals surface area contributed by atoms with E-state index in [1.807, 2.05) is 0 Å². The van der Waals surface area contributed by atoms with E-state index in [1.54, 1.807) is 6.07 Å². The van der Waals surface area contributed by atoms with Crippen LogP contribution in [0.3, 0.4) is 0 Å². The van der Waals surface area contributed by atoms with E-state index in [9.17, 15) is 18.0 Å². The van der Waals surface area contributed by atoms with Crippen LogP contribution in [0.4, 0.5) is 18.9 Å². The molecule has 2 aromatic rings. The second-order valence-corrected chi connectivity index (χ2v) is 3.72. The van der Waals surface area contributed by atoms with Gasteiger partial charge in [0.2, 0.25) is 5.95 Å². The molecule has 0 saturated carbocycles. The molecule has 0 atom stereocenters. The van der Waals surface area contributed by atoms with E-state index in [0.29, 0.717) is 0 Å². The molecule has 2 rings (SSSR count). The molecule has 1 amide bonds. The number of nitriles is 1. The third kappa shape index (κ3) is 2.59. The Kier molecular flexibility index (Phi) is 3.66. The van der Waals surface area contributed by atoms with E-state index in [2.05, 4.69) is 10.3 Å². The Morgan fingerprint density at radius 3 is 2.65 bits per heavy atom. The van der Waals surface area contributed by atoms with E-state index in [4.69, 9.17) is 5.26 Å². The largest absolute Gasteiger partial charge is 0.319 e. The topological polar surface area (TPSA) is 65.8 Å². The van der Waals surface area contributed by atoms with Crippen molar-refractivity contribution in [3.63, 3.8) is 0 Å². The second kappa shape index (κ2) is 5.40. The molecule has 7 heteroatoms. The quantitative estimate of drug-likeness (QED) is 0.858. The minimum atomic E-state index is -1.42. The smallest absolute Gasteiger partial charge is 0.258 e. The maximum atomic E-state index is 13.5. The van der Waals surface area contributed by atoms with Crippen molar-refractivity contribution in [1.29, 1.82) is 5.26 Å². The molecule has 0 saturated heterocycles. The fourth-order valence-electron chi connectivity index (χ4n) is 1.47. The number of carbonyl (C=O) groups is 1. The van der Waals surface area contributed by atoms with Crippen LogP contribution in [0.25, 0.3) is 0 Å². The fraction of sp³-hybridized carbons (Fsp3) is 0. The van der Waals surface area contributed by atoms with Gasteiger partial charge in [0, 0.05) is 6.20 Å². The standard InChI is InChI=1S/C13H6F3N3O/c14-9-5-7(6-17)1-2-10(9)19-13(20)8-3-4-18-12(16)11(8)15/h1-5H,(H,19,20). The lowest BCUT2D eigenvalue weighted by Gasteiger charge is -2.07. The number of halogens is 3. The summed E-state index contributed by atoms with van der Waals surface area (Å²) in [7, 11) is 0. The summed E-state index contributed by atoms with van der Waals surface area (Å²) in [5.74, 6) is -4.71. The number of carbonyl (C=O) groups excluding carboxylic acids is 1. The molecular weight excluding hydrogens is 271 g/mol. The Bertz CT molecular complexity index is 725. The van der Waals surface area contributed by atoms with Crippen molar-refractivity contribution in [2.24, 2.45) is 0 Å². The number of nitrogens with one attached hydrogen (secondary N) is 1. The number of rotatable bonds is 2. The molecule has 0 aliphatic rings. The maximum Gasteiger partial charge on any atom is 0.258 e. The monoisotopic (exact) mass is 277 g/mol. The molecular formula is C13H6F3N3O. The zero-order valence-electron chi connectivity index (χ0n) is 9.82. The summed E-state index contributed by atoms with van der Waals surface area (Å²) in [5, 5.41) is 10.7. The molecule has 100 valence electrons. The van der Waals surface area contributed by atoms with Gasteiger partial charge in [-0.15, -0.1) is 0 Å². The second-order valence-electron chi connectivity index (χ2n) is 3.72. The molecule has 0 bridgehead atoms. The van der Waals surface area contributed by atoms with Gasteiger partial charge in [-0.05, 0) is 24.3 Å². The Balaban J connectivity index is 2.29. The number of benzene rings is 1. The van der Waals surface area contributed by atoms with E-state index in [1.165, 1.54) is 6.07 Å². The van der Waals surface area contributed by atoms with Crippen LogP contribution in [0.5, 0.6) is 0 Å². The molecule has 4 nitrogen and oxygen atoms in total. The number of nitrogens with zero attached hydrogens (tertiary/aromatic N) is 2. The first-order chi connectivity index (χ1) is 9.52. The first-order valence-corrected chi connectivity index (χ1v) is 5.34. The highest BCUT2D eigenvalue weighted by Crippen LogP contribution is 2.17. The number of anilines is 1. The summed E-state index contributed by atoms with van der Waals surface area (Å²) < 4.78 is 39.8. The van der Waals surface area contributed by atoms with Crippen molar-refractivity contribution in [3.05, 3.63) is 59.2 Å². The zero-order valence-corrected chi connectivity index (χ0v) is 9.82. The van der Waals surface area contributed by atoms with Crippen LogP contribution < -0.4 is 5.32 Å². The zero-order chi connectivity index (χ0) is 14.7. The fourth-order valence-corrected chi connectivity index (χ4v) is 1.47. The predicted octanol–water partition coefficient (Wildman–Crippen LogP) is 2.62. The van der Waals surface area contributed by atoms with Crippen LogP contribution in [0.1, 0.15) is 15.9 Å². The minimum absolute atomic E-state index is 0.0710. The SMILES string of the molecule is N#Cc1ccc(NC(=O)c2ccnc(F)c2F)c(F)c1. The Hall–Kier alpha value is -2.88. The molecule has 0 radical (unpaired) electrons. The summed E-state index contributed by atoms with van der Waals surface area (Å²) in [5.41, 5.74) is -0.770. The minimum Gasteiger partial charge on any atom is -0.319 e. The maximum absolute atomic E-state index is 13.5. The highest BCUT2D eigenvalue weighted by molar-refractivity contribution is 6.04. The molecule has 1 aromatic heterocycles. The van der Waals surface area contributed by atoms with Crippen molar-refractivity contribution in [3.8, 4) is 6.07 Å². The molecule has 20 heavy (non-hydrogen) atoms. The van der Waals surface area contributed by atoms with Crippen LogP contribution >= 0.6 is 0 Å². The van der Waals surface area contributed by atoms with Crippen molar-refractivity contribution >= 4 is 11.6 Å². The molecule has 0 aliphatic carbocycles. The lowest BCUT2D eigenvalue weighted by atomic mass is 10.2. The molecule has 1 heterocycles. The molecule has 1 N–H and O–H groups in total. The number of amides is 1. The van der Waals surface area contributed by atoms with Crippen LogP contribution in [-0.2, 0) is 0 Å². The van der Waals surface area contributed by atoms with Gasteiger partial charge in [-0.2, -0.15) is 9.65 Å². The summed E-state index contributed by atoms with van der Waals surface area (Å²) in [4.78, 5) is 14.8. The van der Waals surface area contributed by atoms with Gasteiger partial charge in [-0.25, -0.2) is 13.8 Å². The first kappa shape index (κ1) is 13.5. The van der Waals surface area contributed by atoms with E-state index >= 15 is 0 Å². The average Bonchev–Trinajstić information content (AvgIpc) is 2.44. The number of aromatic nitrogens is 1. The van der Waals surface area contributed by atoms with Gasteiger partial charge >= 0.3 is 0 Å². The van der Waals surface area contributed by atoms with Crippen LogP contribution in [0, 0.1) is 28.9 Å². The molecule has 1 aromatic carbocycles. The molecule has 0 spiro atoms. The van der Waals surface area contributed by atoms with Gasteiger partial charge < -0.3 is 5.32 Å². The summed E-state index contributed by atoms with van der Waals surface area (Å²) in [6.07, 6.45) is 0.919. The average molecular weight is 277 g/mol. The van der Waals surface area contributed by atoms with Gasteiger partial charge in [-0.3, -0.25) is 4.79 Å². The third-order valence-electron chi connectivity index (χ3n) is 2.44. The highest BCUT2D eigenvalue weighted by atomic mass is 19.2. The molecule has 0 aliphatic heterocycles. The van der Waals surface area contributed by atoms with Crippen molar-refractivity contribution in [1.82, 2.24) is 4.98 Å². The lowest BCUT2D eigenvalue weighted by molar-refractivity contribution is 0.102. The van der Waals surface area contributed by atoms with E-state index < -0.39 is 29.1 Å². The summed E-state index contributed by atoms with van der Waals surface area (Å²) in [6.45, 7) is 0. The number of hydrogen-bond donors (Lipinski definition) is 1. The van der Waals surface area contributed by atoms with E-state index in [-0.39, 0.29) is 11.3 Å². The first-order valence-electron chi connectivity index (χ1n) is 5.34. The van der Waals surface area contributed by atoms with Gasteiger partial charge in [0.1, 0.15) is 5.82 Å². The van der Waals surface area contributed by atoms with Gasteiger partial charge in [0.15, 0.2) is 5.82 Å². The van der Waals surface area contributed by atoms with Gasteiger partial charge in [-0.1, -0.05) is 0 Å². The molecule has 0 unspecified atom stereocenters. The van der Waals surface area contributed by atoms with Crippen molar-refractivity contribution in [2.75, 3.05) is 5.32 Å². The number of hydrogen-bond acceptors (Lipinski definition) is 3. The lowest BCUT2D eigenvalue weighted by Crippen LogP contribution is -2.16. The van der Waals surface area contributed by atoms with Crippen molar-refractivity contribution in [2.45, 2.75) is 0 Å². The Morgan fingerprint density at radius 1 is 1.25 bits per heavy atom.